The molecule has 0 aromatic carbocycles. The normalized spacial score (nSPS) is 23.3. The molecule has 3 heteroatoms. The zero-order valence-electron chi connectivity index (χ0n) is 10.0. The maximum Gasteiger partial charge on any atom is 0.317 e. The van der Waals surface area contributed by atoms with Crippen molar-refractivity contribution in [2.75, 3.05) is 13.1 Å². The molecular formula is C13H23NO2. The summed E-state index contributed by atoms with van der Waals surface area (Å²) in [6, 6.07) is 0.552. The van der Waals surface area contributed by atoms with E-state index < -0.39 is 5.97 Å². The largest absolute Gasteiger partial charge is 0.480 e. The fourth-order valence-corrected chi connectivity index (χ4v) is 3.31. The van der Waals surface area contributed by atoms with Gasteiger partial charge in [0.2, 0.25) is 0 Å². The van der Waals surface area contributed by atoms with E-state index in [0.717, 1.165) is 12.5 Å². The van der Waals surface area contributed by atoms with Crippen LogP contribution in [-0.4, -0.2) is 35.1 Å². The minimum Gasteiger partial charge on any atom is -0.480 e. The van der Waals surface area contributed by atoms with E-state index in [0.29, 0.717) is 6.04 Å². The van der Waals surface area contributed by atoms with Gasteiger partial charge in [0, 0.05) is 12.6 Å². The van der Waals surface area contributed by atoms with Crippen molar-refractivity contribution in [3.8, 4) is 0 Å². The molecule has 0 aromatic rings. The second-order valence-corrected chi connectivity index (χ2v) is 5.41. The Labute approximate surface area is 97.8 Å². The minimum absolute atomic E-state index is 0.251. The third kappa shape index (κ3) is 3.21. The summed E-state index contributed by atoms with van der Waals surface area (Å²) >= 11 is 0. The van der Waals surface area contributed by atoms with E-state index in [1.54, 1.807) is 0 Å². The van der Waals surface area contributed by atoms with E-state index in [1.165, 1.54) is 51.4 Å². The molecule has 3 nitrogen and oxygen atoms in total. The Morgan fingerprint density at radius 1 is 1.06 bits per heavy atom. The van der Waals surface area contributed by atoms with E-state index in [1.807, 2.05) is 0 Å². The fraction of sp³-hybridized carbons (Fsp3) is 0.923. The molecule has 0 spiro atoms. The van der Waals surface area contributed by atoms with Crippen molar-refractivity contribution in [3.63, 3.8) is 0 Å². The number of hydrogen-bond acceptors (Lipinski definition) is 2. The summed E-state index contributed by atoms with van der Waals surface area (Å²) < 4.78 is 0. The molecule has 2 fully saturated rings. The van der Waals surface area contributed by atoms with Gasteiger partial charge < -0.3 is 5.11 Å². The lowest BCUT2D eigenvalue weighted by atomic mass is 10.1. The molecule has 1 N–H and O–H groups in total. The lowest BCUT2D eigenvalue weighted by Gasteiger charge is -2.29. The van der Waals surface area contributed by atoms with Crippen LogP contribution in [0.25, 0.3) is 0 Å². The maximum atomic E-state index is 10.9. The first kappa shape index (κ1) is 11.9. The molecule has 2 aliphatic carbocycles. The summed E-state index contributed by atoms with van der Waals surface area (Å²) in [4.78, 5) is 13.1. The molecule has 92 valence electrons. The molecule has 0 radical (unpaired) electrons. The first-order valence-electron chi connectivity index (χ1n) is 6.71. The highest BCUT2D eigenvalue weighted by Crippen LogP contribution is 2.29. The van der Waals surface area contributed by atoms with E-state index >= 15 is 0 Å². The molecule has 0 aliphatic heterocycles. The van der Waals surface area contributed by atoms with Gasteiger partial charge in [0.1, 0.15) is 0 Å². The van der Waals surface area contributed by atoms with Gasteiger partial charge in [-0.3, -0.25) is 9.69 Å². The summed E-state index contributed by atoms with van der Waals surface area (Å²) in [6.07, 6.45) is 10.3. The van der Waals surface area contributed by atoms with Crippen LogP contribution in [0, 0.1) is 5.92 Å². The monoisotopic (exact) mass is 225 g/mol. The predicted octanol–water partition coefficient (Wildman–Crippen LogP) is 2.51. The van der Waals surface area contributed by atoms with Crippen LogP contribution in [-0.2, 0) is 4.79 Å². The molecule has 0 aromatic heterocycles. The van der Waals surface area contributed by atoms with E-state index in [-0.39, 0.29) is 6.54 Å². The Morgan fingerprint density at radius 3 is 2.19 bits per heavy atom. The third-order valence-electron chi connectivity index (χ3n) is 4.15. The average molecular weight is 225 g/mol. The number of aliphatic carboxylic acids is 1. The topological polar surface area (TPSA) is 40.5 Å². The van der Waals surface area contributed by atoms with E-state index in [2.05, 4.69) is 4.90 Å². The van der Waals surface area contributed by atoms with E-state index in [4.69, 9.17) is 5.11 Å². The van der Waals surface area contributed by atoms with Gasteiger partial charge >= 0.3 is 5.97 Å². The van der Waals surface area contributed by atoms with Crippen LogP contribution >= 0.6 is 0 Å². The molecule has 0 saturated heterocycles. The minimum atomic E-state index is -0.662. The van der Waals surface area contributed by atoms with Crippen LogP contribution in [0.4, 0.5) is 0 Å². The quantitative estimate of drug-likeness (QED) is 0.781. The van der Waals surface area contributed by atoms with Gasteiger partial charge in [-0.1, -0.05) is 25.7 Å². The zero-order chi connectivity index (χ0) is 11.4. The first-order chi connectivity index (χ1) is 7.75. The van der Waals surface area contributed by atoms with Gasteiger partial charge in [-0.15, -0.1) is 0 Å². The van der Waals surface area contributed by atoms with Crippen molar-refractivity contribution in [2.24, 2.45) is 5.92 Å². The molecule has 16 heavy (non-hydrogen) atoms. The summed E-state index contributed by atoms with van der Waals surface area (Å²) in [5.74, 6) is 0.102. The summed E-state index contributed by atoms with van der Waals surface area (Å²) in [5, 5.41) is 8.98. The van der Waals surface area contributed by atoms with Gasteiger partial charge in [-0.25, -0.2) is 0 Å². The van der Waals surface area contributed by atoms with Gasteiger partial charge in [-0.05, 0) is 31.6 Å². The highest BCUT2D eigenvalue weighted by molar-refractivity contribution is 5.69. The summed E-state index contributed by atoms with van der Waals surface area (Å²) in [6.45, 7) is 1.28. The van der Waals surface area contributed by atoms with Gasteiger partial charge in [0.25, 0.3) is 0 Å². The van der Waals surface area contributed by atoms with Crippen molar-refractivity contribution in [3.05, 3.63) is 0 Å². The van der Waals surface area contributed by atoms with Gasteiger partial charge in [0.05, 0.1) is 6.54 Å². The molecule has 0 heterocycles. The average Bonchev–Trinajstić information content (AvgIpc) is 2.88. The van der Waals surface area contributed by atoms with Crippen LogP contribution < -0.4 is 0 Å². The Kier molecular flexibility index (Phi) is 4.22. The predicted molar refractivity (Wildman–Crippen MR) is 63.4 cm³/mol. The number of carbonyl (C=O) groups is 1. The Hall–Kier alpha value is -0.570. The summed E-state index contributed by atoms with van der Waals surface area (Å²) in [5.41, 5.74) is 0. The van der Waals surface area contributed by atoms with E-state index in [9.17, 15) is 4.79 Å². The van der Waals surface area contributed by atoms with Gasteiger partial charge in [-0.2, -0.15) is 0 Å². The molecule has 0 unspecified atom stereocenters. The van der Waals surface area contributed by atoms with Crippen LogP contribution in [0.15, 0.2) is 0 Å². The van der Waals surface area contributed by atoms with Crippen molar-refractivity contribution in [1.29, 1.82) is 0 Å². The number of rotatable bonds is 5. The lowest BCUT2D eigenvalue weighted by Crippen LogP contribution is -2.40. The van der Waals surface area contributed by atoms with Crippen LogP contribution in [0.5, 0.6) is 0 Å². The smallest absolute Gasteiger partial charge is 0.317 e. The third-order valence-corrected chi connectivity index (χ3v) is 4.15. The Morgan fingerprint density at radius 2 is 1.62 bits per heavy atom. The highest BCUT2D eigenvalue weighted by Gasteiger charge is 2.27. The molecule has 0 amide bonds. The standard InChI is InChI=1S/C13H23NO2/c15-13(16)10-14(12-7-3-4-8-12)9-11-5-1-2-6-11/h11-12H,1-10H2,(H,15,16). The first-order valence-corrected chi connectivity index (χ1v) is 6.71. The maximum absolute atomic E-state index is 10.9. The van der Waals surface area contributed by atoms with Crippen molar-refractivity contribution >= 4 is 5.97 Å². The van der Waals surface area contributed by atoms with Crippen molar-refractivity contribution in [2.45, 2.75) is 57.4 Å². The molecule has 0 atom stereocenters. The number of carboxylic acids is 1. The van der Waals surface area contributed by atoms with Crippen molar-refractivity contribution < 1.29 is 9.90 Å². The second kappa shape index (κ2) is 5.67. The zero-order valence-corrected chi connectivity index (χ0v) is 10.0. The molecule has 2 saturated carbocycles. The van der Waals surface area contributed by atoms with Crippen molar-refractivity contribution in [1.82, 2.24) is 4.90 Å². The van der Waals surface area contributed by atoms with Crippen LogP contribution in [0.1, 0.15) is 51.4 Å². The Balaban J connectivity index is 1.87. The highest BCUT2D eigenvalue weighted by atomic mass is 16.4. The Bertz CT molecular complexity index is 230. The van der Waals surface area contributed by atoms with Crippen LogP contribution in [0.3, 0.4) is 0 Å². The fourth-order valence-electron chi connectivity index (χ4n) is 3.31. The number of carboxylic acid groups (broad SMARTS) is 1. The second-order valence-electron chi connectivity index (χ2n) is 5.41. The lowest BCUT2D eigenvalue weighted by molar-refractivity contribution is -0.139. The molecule has 0 bridgehead atoms. The number of hydrogen-bond donors (Lipinski definition) is 1. The SMILES string of the molecule is O=C(O)CN(CC1CCCC1)C1CCCC1. The molecule has 2 rings (SSSR count). The molecule has 2 aliphatic rings. The van der Waals surface area contributed by atoms with Crippen LogP contribution in [0.2, 0.25) is 0 Å². The number of nitrogens with zero attached hydrogens (tertiary/aromatic N) is 1. The summed E-state index contributed by atoms with van der Waals surface area (Å²) in [7, 11) is 0. The molecular weight excluding hydrogens is 202 g/mol. The van der Waals surface area contributed by atoms with Gasteiger partial charge in [0.15, 0.2) is 0 Å².